The normalized spacial score (nSPS) is 11.8. The first-order valence-electron chi connectivity index (χ1n) is 5.86. The van der Waals surface area contributed by atoms with E-state index in [1.54, 1.807) is 24.3 Å². The molecule has 0 spiro atoms. The highest BCUT2D eigenvalue weighted by Gasteiger charge is 2.28. The maximum absolute atomic E-state index is 12.1. The number of alkyl halides is 3. The zero-order valence-corrected chi connectivity index (χ0v) is 10.7. The molecule has 4 heteroatoms. The summed E-state index contributed by atoms with van der Waals surface area (Å²) in [5.41, 5.74) is -3.07. The summed E-state index contributed by atoms with van der Waals surface area (Å²) < 4.78 is 36.3. The molecule has 0 atom stereocenters. The largest absolute Gasteiger partial charge is 0.446 e. The van der Waals surface area contributed by atoms with Crippen LogP contribution in [0.1, 0.15) is 38.2 Å². The molecule has 0 radical (unpaired) electrons. The topological polar surface area (TPSA) is 0 Å². The van der Waals surface area contributed by atoms with E-state index in [-0.39, 0.29) is 16.7 Å². The molecular weight excluding hydrogens is 245 g/mol. The Balaban J connectivity index is 2.39. The van der Waals surface area contributed by atoms with Gasteiger partial charge in [-0.1, -0.05) is 38.3 Å². The van der Waals surface area contributed by atoms with Crippen LogP contribution in [0.25, 0.3) is 0 Å². The molecule has 1 rings (SSSR count). The van der Waals surface area contributed by atoms with Crippen molar-refractivity contribution in [3.05, 3.63) is 29.8 Å². The van der Waals surface area contributed by atoms with Crippen molar-refractivity contribution in [2.75, 3.05) is 0 Å². The fourth-order valence-corrected chi connectivity index (χ4v) is 2.15. The fraction of sp³-hybridized carbons (Fsp3) is 0.538. The smallest absolute Gasteiger partial charge is 0.160 e. The number of aryl methyl sites for hydroxylation is 1. The summed E-state index contributed by atoms with van der Waals surface area (Å²) in [5, 5.41) is 0. The molecule has 0 saturated carbocycles. The molecule has 0 aliphatic heterocycles. The molecule has 96 valence electrons. The van der Waals surface area contributed by atoms with Crippen LogP contribution in [0.5, 0.6) is 0 Å². The van der Waals surface area contributed by atoms with Crippen molar-refractivity contribution in [3.63, 3.8) is 0 Å². The van der Waals surface area contributed by atoms with E-state index < -0.39 is 5.51 Å². The van der Waals surface area contributed by atoms with Gasteiger partial charge in [-0.3, -0.25) is 0 Å². The zero-order chi connectivity index (χ0) is 12.7. The Hall–Kier alpha value is -0.640. The lowest BCUT2D eigenvalue weighted by atomic mass is 10.1. The van der Waals surface area contributed by atoms with E-state index in [2.05, 4.69) is 6.92 Å². The van der Waals surface area contributed by atoms with E-state index >= 15 is 0 Å². The van der Waals surface area contributed by atoms with Crippen molar-refractivity contribution < 1.29 is 13.2 Å². The Bertz CT molecular complexity index is 316. The lowest BCUT2D eigenvalue weighted by molar-refractivity contribution is -0.0328. The molecule has 0 N–H and O–H groups in total. The number of rotatable bonds is 6. The van der Waals surface area contributed by atoms with Gasteiger partial charge in [0.25, 0.3) is 0 Å². The Morgan fingerprint density at radius 2 is 1.65 bits per heavy atom. The van der Waals surface area contributed by atoms with E-state index in [4.69, 9.17) is 0 Å². The van der Waals surface area contributed by atoms with Crippen LogP contribution in [0.15, 0.2) is 29.2 Å². The minimum Gasteiger partial charge on any atom is -0.160 e. The molecule has 0 amide bonds. The highest BCUT2D eigenvalue weighted by atomic mass is 32.2. The van der Waals surface area contributed by atoms with E-state index in [1.807, 2.05) is 0 Å². The molecule has 0 heterocycles. The second kappa shape index (κ2) is 6.94. The van der Waals surface area contributed by atoms with Gasteiger partial charge in [0.1, 0.15) is 0 Å². The molecule has 1 aromatic rings. The van der Waals surface area contributed by atoms with Gasteiger partial charge in [-0.2, -0.15) is 13.2 Å². The van der Waals surface area contributed by atoms with Gasteiger partial charge < -0.3 is 0 Å². The average Bonchev–Trinajstić information content (AvgIpc) is 2.25. The molecule has 0 saturated heterocycles. The molecule has 0 unspecified atom stereocenters. The van der Waals surface area contributed by atoms with Gasteiger partial charge >= 0.3 is 5.51 Å². The second-order valence-corrected chi connectivity index (χ2v) is 5.14. The predicted octanol–water partition coefficient (Wildman–Crippen LogP) is 5.42. The molecule has 0 fully saturated rings. The van der Waals surface area contributed by atoms with Crippen LogP contribution in [0.2, 0.25) is 0 Å². The lowest BCUT2D eigenvalue weighted by Crippen LogP contribution is -1.98. The van der Waals surface area contributed by atoms with Crippen molar-refractivity contribution in [2.24, 2.45) is 0 Å². The quantitative estimate of drug-likeness (QED) is 0.487. The third-order valence-electron chi connectivity index (χ3n) is 2.48. The molecule has 0 aliphatic carbocycles. The Kier molecular flexibility index (Phi) is 5.89. The van der Waals surface area contributed by atoms with Crippen molar-refractivity contribution in [2.45, 2.75) is 49.4 Å². The molecule has 0 aliphatic rings. The zero-order valence-electron chi connectivity index (χ0n) is 9.89. The second-order valence-electron chi connectivity index (χ2n) is 4.00. The molecule has 17 heavy (non-hydrogen) atoms. The average molecular weight is 262 g/mol. The standard InChI is InChI=1S/C13H17F3S/c1-2-3-4-5-6-11-7-9-12(10-8-11)17-13(14,15)16/h7-10H,2-6H2,1H3. The molecule has 0 nitrogen and oxygen atoms in total. The van der Waals surface area contributed by atoms with Crippen molar-refractivity contribution >= 4 is 11.8 Å². The first kappa shape index (κ1) is 14.4. The maximum atomic E-state index is 12.1. The predicted molar refractivity (Wildman–Crippen MR) is 66.2 cm³/mol. The third kappa shape index (κ3) is 6.61. The highest BCUT2D eigenvalue weighted by Crippen LogP contribution is 2.36. The molecule has 0 bridgehead atoms. The molecule has 0 aromatic heterocycles. The monoisotopic (exact) mass is 262 g/mol. The van der Waals surface area contributed by atoms with Gasteiger partial charge in [-0.05, 0) is 42.3 Å². The summed E-state index contributed by atoms with van der Waals surface area (Å²) in [6, 6.07) is 6.68. The first-order valence-corrected chi connectivity index (χ1v) is 6.67. The minimum atomic E-state index is -4.19. The van der Waals surface area contributed by atoms with Gasteiger partial charge in [0.15, 0.2) is 0 Å². The summed E-state index contributed by atoms with van der Waals surface area (Å²) in [7, 11) is 0. The Morgan fingerprint density at radius 3 is 2.18 bits per heavy atom. The fourth-order valence-electron chi connectivity index (χ4n) is 1.61. The van der Waals surface area contributed by atoms with Crippen LogP contribution < -0.4 is 0 Å². The highest BCUT2D eigenvalue weighted by molar-refractivity contribution is 8.00. The summed E-state index contributed by atoms with van der Waals surface area (Å²) in [5.74, 6) is 0. The Morgan fingerprint density at radius 1 is 1.00 bits per heavy atom. The van der Waals surface area contributed by atoms with Crippen LogP contribution in [0.4, 0.5) is 13.2 Å². The number of hydrogen-bond acceptors (Lipinski definition) is 1. The summed E-state index contributed by atoms with van der Waals surface area (Å²) >= 11 is -0.0586. The number of hydrogen-bond donors (Lipinski definition) is 0. The van der Waals surface area contributed by atoms with Crippen molar-refractivity contribution in [1.82, 2.24) is 0 Å². The van der Waals surface area contributed by atoms with Gasteiger partial charge in [0.2, 0.25) is 0 Å². The number of thioether (sulfide) groups is 1. The summed E-state index contributed by atoms with van der Waals surface area (Å²) in [6.45, 7) is 2.16. The van der Waals surface area contributed by atoms with E-state index in [0.717, 1.165) is 18.4 Å². The minimum absolute atomic E-state index is 0.0586. The number of halogens is 3. The van der Waals surface area contributed by atoms with Crippen LogP contribution in [0.3, 0.4) is 0 Å². The maximum Gasteiger partial charge on any atom is 0.446 e. The Labute approximate surface area is 105 Å². The van der Waals surface area contributed by atoms with Gasteiger partial charge in [0, 0.05) is 4.90 Å². The first-order chi connectivity index (χ1) is 8.01. The number of unbranched alkanes of at least 4 members (excludes halogenated alkanes) is 3. The van der Waals surface area contributed by atoms with Crippen LogP contribution >= 0.6 is 11.8 Å². The van der Waals surface area contributed by atoms with E-state index in [0.29, 0.717) is 0 Å². The molecular formula is C13H17F3S. The third-order valence-corrected chi connectivity index (χ3v) is 3.22. The molecule has 1 aromatic carbocycles. The SMILES string of the molecule is CCCCCCc1ccc(SC(F)(F)F)cc1. The van der Waals surface area contributed by atoms with Gasteiger partial charge in [-0.25, -0.2) is 0 Å². The van der Waals surface area contributed by atoms with Gasteiger partial charge in [-0.15, -0.1) is 0 Å². The van der Waals surface area contributed by atoms with Crippen LogP contribution in [-0.4, -0.2) is 5.51 Å². The van der Waals surface area contributed by atoms with Crippen LogP contribution in [-0.2, 0) is 6.42 Å². The van der Waals surface area contributed by atoms with E-state index in [1.165, 1.54) is 19.3 Å². The summed E-state index contributed by atoms with van der Waals surface area (Å²) in [6.07, 6.45) is 5.68. The van der Waals surface area contributed by atoms with Gasteiger partial charge in [0.05, 0.1) is 0 Å². The van der Waals surface area contributed by atoms with E-state index in [9.17, 15) is 13.2 Å². The van der Waals surface area contributed by atoms with Crippen molar-refractivity contribution in [3.8, 4) is 0 Å². The summed E-state index contributed by atoms with van der Waals surface area (Å²) in [4.78, 5) is 0.259. The van der Waals surface area contributed by atoms with Crippen LogP contribution in [0, 0.1) is 0 Å². The number of benzene rings is 1. The van der Waals surface area contributed by atoms with Crippen molar-refractivity contribution in [1.29, 1.82) is 0 Å². The lowest BCUT2D eigenvalue weighted by Gasteiger charge is -2.06.